The van der Waals surface area contributed by atoms with E-state index in [9.17, 15) is 0 Å². The molecule has 0 aliphatic rings. The Bertz CT molecular complexity index is 963. The minimum absolute atomic E-state index is 0. The number of hydrogen-bond acceptors (Lipinski definition) is 2. The second-order valence-electron chi connectivity index (χ2n) is 5.74. The fourth-order valence-corrected chi connectivity index (χ4v) is 3.26. The molecule has 0 saturated carbocycles. The summed E-state index contributed by atoms with van der Waals surface area (Å²) in [6.07, 6.45) is 4.13. The Labute approximate surface area is 152 Å². The fourth-order valence-electron chi connectivity index (χ4n) is 3.26. The van der Waals surface area contributed by atoms with Crippen molar-refractivity contribution in [3.63, 3.8) is 0 Å². The summed E-state index contributed by atoms with van der Waals surface area (Å²) in [5.74, 6) is 1.93. The van der Waals surface area contributed by atoms with Gasteiger partial charge >= 0.3 is 0 Å². The number of nitrogens with zero attached hydrogens (tertiary/aromatic N) is 4. The van der Waals surface area contributed by atoms with Crippen LogP contribution in [0, 0.1) is 0 Å². The molecule has 6 nitrogen and oxygen atoms in total. The Hall–Kier alpha value is -2.96. The summed E-state index contributed by atoms with van der Waals surface area (Å²) >= 11 is 0. The highest BCUT2D eigenvalue weighted by atomic mass is 16.0. The number of benzene rings is 2. The van der Waals surface area contributed by atoms with Gasteiger partial charge in [0.2, 0.25) is 0 Å². The summed E-state index contributed by atoms with van der Waals surface area (Å²) in [5, 5.41) is 0. The standard InChI is InChI=1S/C20H20N4.2H2O/c1-3-23-17-11-7-5-9-15(17)21-19(23)13-14-20-22-16-10-6-8-12-18(16)24(20)4-2;;/h5-14H,3-4H2,1-2H3;2*1H2/b14-13+;;. The van der Waals surface area contributed by atoms with Gasteiger partial charge in [0, 0.05) is 13.1 Å². The number of aromatic nitrogens is 4. The number of aryl methyl sites for hydroxylation is 2. The van der Waals surface area contributed by atoms with Crippen LogP contribution in [0.1, 0.15) is 25.5 Å². The first-order valence-electron chi connectivity index (χ1n) is 8.40. The molecular formula is C20H24N4O2. The first kappa shape index (κ1) is 19.4. The van der Waals surface area contributed by atoms with Crippen molar-refractivity contribution in [3.05, 3.63) is 60.2 Å². The van der Waals surface area contributed by atoms with Crippen LogP contribution >= 0.6 is 0 Å². The predicted octanol–water partition coefficient (Wildman–Crippen LogP) is 2.95. The van der Waals surface area contributed by atoms with Gasteiger partial charge in [0.1, 0.15) is 11.6 Å². The Morgan fingerprint density at radius 2 is 1.08 bits per heavy atom. The largest absolute Gasteiger partial charge is 0.412 e. The molecular weight excluding hydrogens is 328 g/mol. The molecule has 2 aromatic carbocycles. The maximum absolute atomic E-state index is 4.75. The van der Waals surface area contributed by atoms with E-state index in [1.807, 2.05) is 12.1 Å². The molecule has 0 atom stereocenters. The third-order valence-corrected chi connectivity index (χ3v) is 4.38. The normalized spacial score (nSPS) is 11.0. The minimum atomic E-state index is 0. The number of rotatable bonds is 4. The van der Waals surface area contributed by atoms with Gasteiger partial charge in [-0.1, -0.05) is 24.3 Å². The topological polar surface area (TPSA) is 98.6 Å². The molecule has 2 heterocycles. The van der Waals surface area contributed by atoms with E-state index in [0.717, 1.165) is 35.8 Å². The summed E-state index contributed by atoms with van der Waals surface area (Å²) in [6, 6.07) is 16.5. The zero-order chi connectivity index (χ0) is 16.5. The highest BCUT2D eigenvalue weighted by Crippen LogP contribution is 2.20. The van der Waals surface area contributed by atoms with Crippen molar-refractivity contribution in [3.8, 4) is 0 Å². The van der Waals surface area contributed by atoms with Crippen molar-refractivity contribution in [2.24, 2.45) is 0 Å². The first-order chi connectivity index (χ1) is 11.8. The predicted molar refractivity (Wildman–Crippen MR) is 107 cm³/mol. The number of fused-ring (bicyclic) bond motifs is 2. The summed E-state index contributed by atoms with van der Waals surface area (Å²) in [4.78, 5) is 9.49. The van der Waals surface area contributed by atoms with Gasteiger partial charge in [-0.3, -0.25) is 0 Å². The zero-order valence-corrected chi connectivity index (χ0v) is 15.0. The molecule has 0 spiro atoms. The smallest absolute Gasteiger partial charge is 0.133 e. The van der Waals surface area contributed by atoms with E-state index in [2.05, 4.69) is 71.5 Å². The van der Waals surface area contributed by atoms with E-state index < -0.39 is 0 Å². The molecule has 0 amide bonds. The quantitative estimate of drug-likeness (QED) is 0.564. The third-order valence-electron chi connectivity index (χ3n) is 4.38. The van der Waals surface area contributed by atoms with Crippen LogP contribution in [0.2, 0.25) is 0 Å². The molecule has 0 fully saturated rings. The summed E-state index contributed by atoms with van der Waals surface area (Å²) in [5.41, 5.74) is 4.40. The van der Waals surface area contributed by atoms with Crippen molar-refractivity contribution in [1.29, 1.82) is 0 Å². The lowest BCUT2D eigenvalue weighted by molar-refractivity contribution is 0.773. The molecule has 0 radical (unpaired) electrons. The van der Waals surface area contributed by atoms with Gasteiger partial charge in [0.25, 0.3) is 0 Å². The fraction of sp³-hybridized carbons (Fsp3) is 0.200. The molecule has 4 N–H and O–H groups in total. The van der Waals surface area contributed by atoms with Gasteiger partial charge in [-0.15, -0.1) is 0 Å². The highest BCUT2D eigenvalue weighted by molar-refractivity contribution is 5.82. The van der Waals surface area contributed by atoms with Gasteiger partial charge in [-0.05, 0) is 50.3 Å². The number of para-hydroxylation sites is 4. The summed E-state index contributed by atoms with van der Waals surface area (Å²) in [6.45, 7) is 6.08. The molecule has 6 heteroatoms. The van der Waals surface area contributed by atoms with Crippen LogP contribution in [0.5, 0.6) is 0 Å². The van der Waals surface area contributed by atoms with E-state index in [0.29, 0.717) is 0 Å². The van der Waals surface area contributed by atoms with Crippen LogP contribution in [0.25, 0.3) is 34.2 Å². The molecule has 0 saturated heterocycles. The SMILES string of the molecule is CCn1c(/C=C/c2nc3ccccc3n2CC)nc2ccccc21.O.O. The Morgan fingerprint density at radius 1 is 0.692 bits per heavy atom. The summed E-state index contributed by atoms with van der Waals surface area (Å²) in [7, 11) is 0. The highest BCUT2D eigenvalue weighted by Gasteiger charge is 2.08. The lowest BCUT2D eigenvalue weighted by atomic mass is 10.3. The van der Waals surface area contributed by atoms with Crippen LogP contribution in [0.3, 0.4) is 0 Å². The molecule has 4 aromatic rings. The maximum atomic E-state index is 4.75. The van der Waals surface area contributed by atoms with E-state index >= 15 is 0 Å². The van der Waals surface area contributed by atoms with Gasteiger partial charge in [0.05, 0.1) is 22.1 Å². The van der Waals surface area contributed by atoms with Crippen LogP contribution in [0.4, 0.5) is 0 Å². The van der Waals surface area contributed by atoms with Gasteiger partial charge in [0.15, 0.2) is 0 Å². The minimum Gasteiger partial charge on any atom is -0.412 e. The molecule has 0 aliphatic carbocycles. The maximum Gasteiger partial charge on any atom is 0.133 e. The molecule has 26 heavy (non-hydrogen) atoms. The second kappa shape index (κ2) is 7.95. The average Bonchev–Trinajstić information content (AvgIpc) is 3.16. The Balaban J connectivity index is 0.00000121. The van der Waals surface area contributed by atoms with E-state index in [1.165, 1.54) is 11.0 Å². The van der Waals surface area contributed by atoms with Gasteiger partial charge in [-0.2, -0.15) is 0 Å². The zero-order valence-electron chi connectivity index (χ0n) is 15.0. The van der Waals surface area contributed by atoms with Crippen LogP contribution in [0.15, 0.2) is 48.5 Å². The average molecular weight is 352 g/mol. The molecule has 0 aliphatic heterocycles. The molecule has 0 bridgehead atoms. The first-order valence-corrected chi connectivity index (χ1v) is 8.40. The number of imidazole rings is 2. The van der Waals surface area contributed by atoms with Crippen LogP contribution in [-0.2, 0) is 13.1 Å². The van der Waals surface area contributed by atoms with Crippen molar-refractivity contribution in [2.45, 2.75) is 26.9 Å². The van der Waals surface area contributed by atoms with E-state index in [4.69, 9.17) is 9.97 Å². The molecule has 0 unspecified atom stereocenters. The van der Waals surface area contributed by atoms with Gasteiger partial charge < -0.3 is 20.1 Å². The molecule has 136 valence electrons. The summed E-state index contributed by atoms with van der Waals surface area (Å²) < 4.78 is 4.45. The van der Waals surface area contributed by atoms with E-state index in [1.54, 1.807) is 0 Å². The van der Waals surface area contributed by atoms with Crippen LogP contribution < -0.4 is 0 Å². The van der Waals surface area contributed by atoms with E-state index in [-0.39, 0.29) is 11.0 Å². The third kappa shape index (κ3) is 3.12. The van der Waals surface area contributed by atoms with Gasteiger partial charge in [-0.25, -0.2) is 9.97 Å². The monoisotopic (exact) mass is 352 g/mol. The van der Waals surface area contributed by atoms with Crippen molar-refractivity contribution in [1.82, 2.24) is 19.1 Å². The molecule has 2 aromatic heterocycles. The lowest BCUT2D eigenvalue weighted by Gasteiger charge is -2.03. The molecule has 4 rings (SSSR count). The Kier molecular flexibility index (Phi) is 5.92. The lowest BCUT2D eigenvalue weighted by Crippen LogP contribution is -1.98. The Morgan fingerprint density at radius 3 is 1.46 bits per heavy atom. The number of hydrogen-bond donors (Lipinski definition) is 0. The second-order valence-corrected chi connectivity index (χ2v) is 5.74. The van der Waals surface area contributed by atoms with Crippen molar-refractivity contribution in [2.75, 3.05) is 0 Å². The van der Waals surface area contributed by atoms with Crippen molar-refractivity contribution >= 4 is 34.2 Å². The van der Waals surface area contributed by atoms with Crippen molar-refractivity contribution < 1.29 is 11.0 Å². The van der Waals surface area contributed by atoms with Crippen LogP contribution in [-0.4, -0.2) is 30.1 Å².